The molecule has 77 heavy (non-hydrogen) atoms. The Hall–Kier alpha value is -3.32. The molecule has 6 unspecified atom stereocenters. The van der Waals surface area contributed by atoms with Crippen LogP contribution < -0.4 is 0 Å². The first-order chi connectivity index (χ1) is 37.6. The van der Waals surface area contributed by atoms with Gasteiger partial charge in [0.1, 0.15) is 18.8 Å². The fraction of sp³-hybridized carbons (Fsp3) is 0.815. The maximum atomic E-state index is 13.2. The number of carbonyl (C=O) groups excluding carboxylic acids is 3. The van der Waals surface area contributed by atoms with E-state index in [-0.39, 0.29) is 25.9 Å². The first-order valence-corrected chi connectivity index (χ1v) is 31.6. The Morgan fingerprint density at radius 1 is 0.429 bits per heavy atom. The summed E-state index contributed by atoms with van der Waals surface area (Å²) in [5, 5.41) is 31.5. The Balaban J connectivity index is 2.67. The molecule has 12 heteroatoms. The van der Waals surface area contributed by atoms with Crippen molar-refractivity contribution in [1.82, 2.24) is 0 Å². The number of carboxylic acid groups (broad SMARTS) is 1. The van der Waals surface area contributed by atoms with Gasteiger partial charge >= 0.3 is 23.9 Å². The number of aliphatic hydroxyl groups excluding tert-OH is 2. The quantitative estimate of drug-likeness (QED) is 0.0228. The number of rotatable bonds is 54. The first kappa shape index (κ1) is 71.7. The van der Waals surface area contributed by atoms with Crippen molar-refractivity contribution >= 4 is 23.9 Å². The van der Waals surface area contributed by atoms with Crippen LogP contribution in [-0.2, 0) is 42.9 Å². The molecule has 0 spiro atoms. The molecule has 3 N–H and O–H groups in total. The molecule has 12 nitrogen and oxygen atoms in total. The largest absolute Gasteiger partial charge is 0.479 e. The molecular weight excluding hydrogens is 973 g/mol. The molecule has 0 aromatic carbocycles. The van der Waals surface area contributed by atoms with Crippen molar-refractivity contribution < 1.29 is 58.2 Å². The molecule has 0 saturated carbocycles. The smallest absolute Gasteiger partial charge is 0.335 e. The van der Waals surface area contributed by atoms with Gasteiger partial charge in [0, 0.05) is 19.3 Å². The monoisotopic (exact) mass is 1090 g/mol. The van der Waals surface area contributed by atoms with Gasteiger partial charge in [-0.3, -0.25) is 14.4 Å². The Bertz CT molecular complexity index is 1520. The third-order valence-electron chi connectivity index (χ3n) is 14.4. The van der Waals surface area contributed by atoms with Gasteiger partial charge in [-0.05, 0) is 83.5 Å². The van der Waals surface area contributed by atoms with E-state index in [0.29, 0.717) is 19.3 Å². The van der Waals surface area contributed by atoms with Crippen LogP contribution in [0.5, 0.6) is 0 Å². The molecule has 1 rings (SSSR count). The summed E-state index contributed by atoms with van der Waals surface area (Å²) in [5.41, 5.74) is 0. The zero-order valence-electron chi connectivity index (χ0n) is 49.2. The first-order valence-electron chi connectivity index (χ1n) is 31.6. The average Bonchev–Trinajstić information content (AvgIpc) is 3.42. The lowest BCUT2D eigenvalue weighted by atomic mass is 9.98. The molecule has 1 aliphatic rings. The zero-order valence-corrected chi connectivity index (χ0v) is 49.2. The van der Waals surface area contributed by atoms with Gasteiger partial charge in [0.15, 0.2) is 24.6 Å². The topological polar surface area (TPSA) is 175 Å². The molecule has 1 heterocycles. The summed E-state index contributed by atoms with van der Waals surface area (Å²) in [7, 11) is 0. The van der Waals surface area contributed by atoms with Gasteiger partial charge in [0.2, 0.25) is 0 Å². The third-order valence-corrected chi connectivity index (χ3v) is 14.4. The molecule has 0 amide bonds. The van der Waals surface area contributed by atoms with Crippen LogP contribution in [0.15, 0.2) is 48.6 Å². The number of unbranched alkanes of at least 4 members (excludes halogenated alkanes) is 32. The van der Waals surface area contributed by atoms with Gasteiger partial charge in [-0.1, -0.05) is 236 Å². The molecule has 1 aliphatic heterocycles. The minimum atomic E-state index is -1.90. The van der Waals surface area contributed by atoms with Crippen LogP contribution in [0.1, 0.15) is 290 Å². The summed E-state index contributed by atoms with van der Waals surface area (Å²) in [4.78, 5) is 51.2. The predicted molar refractivity (Wildman–Crippen MR) is 312 cm³/mol. The van der Waals surface area contributed by atoms with E-state index in [1.54, 1.807) is 0 Å². The average molecular weight is 1090 g/mol. The summed E-state index contributed by atoms with van der Waals surface area (Å²) < 4.78 is 28.5. The number of carboxylic acids is 1. The van der Waals surface area contributed by atoms with E-state index in [4.69, 9.17) is 23.7 Å². The van der Waals surface area contributed by atoms with Crippen LogP contribution >= 0.6 is 0 Å². The van der Waals surface area contributed by atoms with Gasteiger partial charge < -0.3 is 39.0 Å². The van der Waals surface area contributed by atoms with Gasteiger partial charge in [-0.15, -0.1) is 0 Å². The summed E-state index contributed by atoms with van der Waals surface area (Å²) in [6, 6.07) is 0. The summed E-state index contributed by atoms with van der Waals surface area (Å²) in [5.74, 6) is -3.12. The molecule has 0 aliphatic carbocycles. The highest BCUT2D eigenvalue weighted by Gasteiger charge is 2.50. The highest BCUT2D eigenvalue weighted by Crippen LogP contribution is 2.27. The van der Waals surface area contributed by atoms with Gasteiger partial charge in [-0.2, -0.15) is 0 Å². The predicted octanol–water partition coefficient (Wildman–Crippen LogP) is 16.6. The van der Waals surface area contributed by atoms with Crippen LogP contribution in [0.25, 0.3) is 0 Å². The number of ether oxygens (including phenoxy) is 5. The number of aliphatic hydroxyl groups is 2. The maximum absolute atomic E-state index is 13.2. The third kappa shape index (κ3) is 43.2. The standard InChI is InChI=1S/C65H114O12/c1-4-7-10-13-16-19-22-25-27-29-31-34-36-39-42-45-48-51-57(66)73-54-56(75-58(67)52-49-46-43-40-38-35-32-30-28-26-23-20-17-14-11-8-5-2)55-74-65-63(61(70)60(69)62(77-65)64(71)72)76-59(68)53-50-47-44-41-37-33-24-21-18-15-12-9-6-3/h16-17,19-20,25-28,56,60-63,65,69-70H,4-15,18,21-24,29-55H2,1-3H3,(H,71,72)/b19-16-,20-17-,27-25-,28-26-. The molecule has 0 radical (unpaired) electrons. The number of aliphatic carboxylic acids is 1. The van der Waals surface area contributed by atoms with Crippen molar-refractivity contribution in [1.29, 1.82) is 0 Å². The highest BCUT2D eigenvalue weighted by atomic mass is 16.7. The Labute approximate surface area is 469 Å². The Morgan fingerprint density at radius 2 is 0.779 bits per heavy atom. The number of allylic oxidation sites excluding steroid dienone is 8. The summed E-state index contributed by atoms with van der Waals surface area (Å²) in [6.07, 6.45) is 52.1. The molecule has 1 fully saturated rings. The fourth-order valence-corrected chi connectivity index (χ4v) is 9.49. The molecule has 446 valence electrons. The van der Waals surface area contributed by atoms with Crippen molar-refractivity contribution in [2.45, 2.75) is 327 Å². The van der Waals surface area contributed by atoms with E-state index >= 15 is 0 Å². The van der Waals surface area contributed by atoms with Crippen molar-refractivity contribution in [3.8, 4) is 0 Å². The van der Waals surface area contributed by atoms with Gasteiger partial charge in [0.05, 0.1) is 6.61 Å². The van der Waals surface area contributed by atoms with Crippen LogP contribution in [0.3, 0.4) is 0 Å². The van der Waals surface area contributed by atoms with Crippen LogP contribution in [-0.4, -0.2) is 89.2 Å². The van der Waals surface area contributed by atoms with E-state index in [1.807, 2.05) is 0 Å². The lowest BCUT2D eigenvalue weighted by Gasteiger charge is -2.40. The maximum Gasteiger partial charge on any atom is 0.335 e. The zero-order chi connectivity index (χ0) is 56.1. The van der Waals surface area contributed by atoms with E-state index in [0.717, 1.165) is 103 Å². The molecule has 0 aromatic rings. The van der Waals surface area contributed by atoms with Crippen molar-refractivity contribution in [2.75, 3.05) is 13.2 Å². The summed E-state index contributed by atoms with van der Waals surface area (Å²) in [6.45, 7) is 5.96. The normalized spacial score (nSPS) is 18.3. The van der Waals surface area contributed by atoms with E-state index < -0.39 is 67.3 Å². The second-order valence-corrected chi connectivity index (χ2v) is 21.7. The number of carbonyl (C=O) groups is 4. The second-order valence-electron chi connectivity index (χ2n) is 21.7. The number of hydrogen-bond donors (Lipinski definition) is 3. The molecule has 0 aromatic heterocycles. The van der Waals surface area contributed by atoms with E-state index in [2.05, 4.69) is 69.4 Å². The van der Waals surface area contributed by atoms with E-state index in [1.165, 1.54) is 128 Å². The summed E-state index contributed by atoms with van der Waals surface area (Å²) >= 11 is 0. The Morgan fingerprint density at radius 3 is 1.19 bits per heavy atom. The minimum absolute atomic E-state index is 0.0626. The fourth-order valence-electron chi connectivity index (χ4n) is 9.49. The number of hydrogen-bond acceptors (Lipinski definition) is 11. The number of esters is 3. The van der Waals surface area contributed by atoms with Crippen molar-refractivity contribution in [3.05, 3.63) is 48.6 Å². The molecule has 6 atom stereocenters. The Kier molecular flexibility index (Phi) is 49.7. The molecule has 0 bridgehead atoms. The highest BCUT2D eigenvalue weighted by molar-refractivity contribution is 5.74. The van der Waals surface area contributed by atoms with Gasteiger partial charge in [0.25, 0.3) is 0 Å². The van der Waals surface area contributed by atoms with Crippen LogP contribution in [0.4, 0.5) is 0 Å². The van der Waals surface area contributed by atoms with Crippen molar-refractivity contribution in [3.63, 3.8) is 0 Å². The lowest BCUT2D eigenvalue weighted by molar-refractivity contribution is -0.301. The second kappa shape index (κ2) is 53.3. The van der Waals surface area contributed by atoms with E-state index in [9.17, 15) is 34.5 Å². The molecule has 1 saturated heterocycles. The SMILES string of the molecule is CCCCC/C=C\C/C=C\CCCCCCCCCC(=O)OCC(COC1OC(C(=O)O)C(O)C(O)C1OC(=O)CCCCCCCCCCCCCCC)OC(=O)CCCCCCCCC/C=C\C/C=C\CCCCC. The lowest BCUT2D eigenvalue weighted by Crippen LogP contribution is -2.61. The minimum Gasteiger partial charge on any atom is -0.479 e. The molecular formula is C65H114O12. The van der Waals surface area contributed by atoms with Gasteiger partial charge in [-0.25, -0.2) is 4.79 Å². The van der Waals surface area contributed by atoms with Crippen LogP contribution in [0, 0.1) is 0 Å². The van der Waals surface area contributed by atoms with Crippen LogP contribution in [0.2, 0.25) is 0 Å². The van der Waals surface area contributed by atoms with Crippen molar-refractivity contribution in [2.24, 2.45) is 0 Å².